The lowest BCUT2D eigenvalue weighted by Gasteiger charge is -2.31. The molecule has 3 nitrogen and oxygen atoms in total. The molecule has 14 heavy (non-hydrogen) atoms. The third kappa shape index (κ3) is 2.42. The Morgan fingerprint density at radius 3 is 2.00 bits per heavy atom. The van der Waals surface area contributed by atoms with Gasteiger partial charge in [0.2, 0.25) is 10.0 Å². The minimum atomic E-state index is -3.35. The van der Waals surface area contributed by atoms with Gasteiger partial charge in [-0.25, -0.2) is 21.5 Å². The highest BCUT2D eigenvalue weighted by atomic mass is 32.2. The molecule has 0 aromatic carbocycles. The van der Waals surface area contributed by atoms with Crippen molar-refractivity contribution in [3.05, 3.63) is 0 Å². The van der Waals surface area contributed by atoms with E-state index in [1.165, 1.54) is 0 Å². The topological polar surface area (TPSA) is 37.4 Å². The summed E-state index contributed by atoms with van der Waals surface area (Å²) in [5, 5.41) is -0.533. The summed E-state index contributed by atoms with van der Waals surface area (Å²) in [6.07, 6.45) is -0.724. The Balaban J connectivity index is 2.68. The van der Waals surface area contributed by atoms with Crippen LogP contribution in [-0.4, -0.2) is 37.0 Å². The number of hydrogen-bond donors (Lipinski definition) is 0. The van der Waals surface area contributed by atoms with Crippen LogP contribution in [0, 0.1) is 0 Å². The second-order valence-electron chi connectivity index (χ2n) is 3.85. The lowest BCUT2D eigenvalue weighted by molar-refractivity contribution is -0.0412. The zero-order valence-electron chi connectivity index (χ0n) is 8.33. The van der Waals surface area contributed by atoms with Crippen LogP contribution in [0.3, 0.4) is 0 Å². The van der Waals surface area contributed by atoms with Crippen molar-refractivity contribution in [1.82, 2.24) is 4.31 Å². The Kier molecular flexibility index (Phi) is 3.16. The molecule has 1 aliphatic heterocycles. The summed E-state index contributed by atoms with van der Waals surface area (Å²) in [6, 6.07) is 0. The van der Waals surface area contributed by atoms with Crippen molar-refractivity contribution in [2.24, 2.45) is 0 Å². The Bertz CT molecular complexity index is 290. The molecule has 0 radical (unpaired) electrons. The number of sulfonamides is 1. The van der Waals surface area contributed by atoms with E-state index in [0.717, 1.165) is 4.31 Å². The van der Waals surface area contributed by atoms with Crippen LogP contribution >= 0.6 is 0 Å². The van der Waals surface area contributed by atoms with Gasteiger partial charge in [0.25, 0.3) is 5.92 Å². The molecule has 0 spiro atoms. The quantitative estimate of drug-likeness (QED) is 0.716. The fourth-order valence-electron chi connectivity index (χ4n) is 1.37. The summed E-state index contributed by atoms with van der Waals surface area (Å²) >= 11 is 0. The summed E-state index contributed by atoms with van der Waals surface area (Å²) in [6.45, 7) is 2.99. The van der Waals surface area contributed by atoms with Gasteiger partial charge in [0, 0.05) is 25.9 Å². The molecule has 0 aromatic rings. The number of alkyl halides is 2. The highest BCUT2D eigenvalue weighted by molar-refractivity contribution is 7.89. The lowest BCUT2D eigenvalue weighted by Crippen LogP contribution is -2.45. The van der Waals surface area contributed by atoms with Crippen LogP contribution in [0.5, 0.6) is 0 Å². The predicted molar refractivity (Wildman–Crippen MR) is 49.8 cm³/mol. The maximum atomic E-state index is 12.7. The van der Waals surface area contributed by atoms with Crippen LogP contribution in [0.25, 0.3) is 0 Å². The van der Waals surface area contributed by atoms with E-state index >= 15 is 0 Å². The van der Waals surface area contributed by atoms with Crippen molar-refractivity contribution in [2.45, 2.75) is 37.9 Å². The summed E-state index contributed by atoms with van der Waals surface area (Å²) in [4.78, 5) is 0. The highest BCUT2D eigenvalue weighted by Crippen LogP contribution is 2.29. The van der Waals surface area contributed by atoms with E-state index in [2.05, 4.69) is 0 Å². The van der Waals surface area contributed by atoms with Gasteiger partial charge in [-0.15, -0.1) is 0 Å². The smallest absolute Gasteiger partial charge is 0.212 e. The van der Waals surface area contributed by atoms with Gasteiger partial charge in [0.05, 0.1) is 5.25 Å². The monoisotopic (exact) mass is 227 g/mol. The molecule has 1 heterocycles. The Labute approximate surface area is 83.1 Å². The first kappa shape index (κ1) is 11.8. The SMILES string of the molecule is CC(C)S(=O)(=O)N1CCC(F)(F)CC1. The van der Waals surface area contributed by atoms with Crippen molar-refractivity contribution in [3.63, 3.8) is 0 Å². The molecule has 0 bridgehead atoms. The van der Waals surface area contributed by atoms with Gasteiger partial charge in [-0.05, 0) is 13.8 Å². The second kappa shape index (κ2) is 3.73. The standard InChI is InChI=1S/C8H15F2NO2S/c1-7(2)14(12,13)11-5-3-8(9,10)4-6-11/h7H,3-6H2,1-2H3. The van der Waals surface area contributed by atoms with Gasteiger partial charge in [-0.3, -0.25) is 0 Å². The molecule has 0 atom stereocenters. The average molecular weight is 227 g/mol. The van der Waals surface area contributed by atoms with Crippen molar-refractivity contribution in [1.29, 1.82) is 0 Å². The Morgan fingerprint density at radius 2 is 1.64 bits per heavy atom. The van der Waals surface area contributed by atoms with Crippen molar-refractivity contribution >= 4 is 10.0 Å². The van der Waals surface area contributed by atoms with Crippen LogP contribution in [0.2, 0.25) is 0 Å². The van der Waals surface area contributed by atoms with Crippen molar-refractivity contribution in [3.8, 4) is 0 Å². The number of piperidine rings is 1. The molecule has 0 aromatic heterocycles. The lowest BCUT2D eigenvalue weighted by atomic mass is 10.1. The van der Waals surface area contributed by atoms with Crippen molar-refractivity contribution in [2.75, 3.05) is 13.1 Å². The predicted octanol–water partition coefficient (Wildman–Crippen LogP) is 1.46. The van der Waals surface area contributed by atoms with Crippen LogP contribution in [0.4, 0.5) is 8.78 Å². The molecule has 1 fully saturated rings. The second-order valence-corrected chi connectivity index (χ2v) is 6.34. The summed E-state index contributed by atoms with van der Waals surface area (Å²) in [5.41, 5.74) is 0. The summed E-state index contributed by atoms with van der Waals surface area (Å²) in [5.74, 6) is -2.69. The zero-order chi connectivity index (χ0) is 11.0. The summed E-state index contributed by atoms with van der Waals surface area (Å²) in [7, 11) is -3.35. The van der Waals surface area contributed by atoms with Crippen LogP contribution < -0.4 is 0 Å². The fourth-order valence-corrected chi connectivity index (χ4v) is 2.65. The minimum Gasteiger partial charge on any atom is -0.212 e. The van der Waals surface area contributed by atoms with E-state index in [1.54, 1.807) is 13.8 Å². The van der Waals surface area contributed by atoms with Gasteiger partial charge >= 0.3 is 0 Å². The molecule has 6 heteroatoms. The van der Waals surface area contributed by atoms with Gasteiger partial charge < -0.3 is 0 Å². The fraction of sp³-hybridized carbons (Fsp3) is 1.00. The van der Waals surface area contributed by atoms with Gasteiger partial charge in [0.15, 0.2) is 0 Å². The molecule has 1 aliphatic rings. The van der Waals surface area contributed by atoms with Gasteiger partial charge in [-0.1, -0.05) is 0 Å². The molecular weight excluding hydrogens is 212 g/mol. The molecule has 0 unspecified atom stereocenters. The molecule has 0 saturated carbocycles. The van der Waals surface area contributed by atoms with Gasteiger partial charge in [-0.2, -0.15) is 0 Å². The maximum Gasteiger partial charge on any atom is 0.250 e. The molecular formula is C8H15F2NO2S. The molecule has 0 aliphatic carbocycles. The van der Waals surface area contributed by atoms with Crippen LogP contribution in [0.1, 0.15) is 26.7 Å². The van der Waals surface area contributed by atoms with E-state index in [0.29, 0.717) is 0 Å². The zero-order valence-corrected chi connectivity index (χ0v) is 9.15. The third-order valence-electron chi connectivity index (χ3n) is 2.41. The number of nitrogens with zero attached hydrogens (tertiary/aromatic N) is 1. The maximum absolute atomic E-state index is 12.7. The largest absolute Gasteiger partial charge is 0.250 e. The average Bonchev–Trinajstić information content (AvgIpc) is 2.03. The molecule has 1 rings (SSSR count). The minimum absolute atomic E-state index is 0.0620. The Hall–Kier alpha value is -0.230. The number of halogens is 2. The molecule has 0 N–H and O–H groups in total. The van der Waals surface area contributed by atoms with Crippen LogP contribution in [-0.2, 0) is 10.0 Å². The number of rotatable bonds is 2. The van der Waals surface area contributed by atoms with E-state index in [9.17, 15) is 17.2 Å². The van der Waals surface area contributed by atoms with Crippen LogP contribution in [0.15, 0.2) is 0 Å². The normalized spacial score (nSPS) is 24.1. The van der Waals surface area contributed by atoms with Gasteiger partial charge in [0.1, 0.15) is 0 Å². The summed E-state index contributed by atoms with van der Waals surface area (Å²) < 4.78 is 49.8. The number of hydrogen-bond acceptors (Lipinski definition) is 2. The Morgan fingerprint density at radius 1 is 1.21 bits per heavy atom. The molecule has 1 saturated heterocycles. The first-order valence-corrected chi connectivity index (χ1v) is 6.13. The highest BCUT2D eigenvalue weighted by Gasteiger charge is 2.38. The van der Waals surface area contributed by atoms with E-state index in [-0.39, 0.29) is 25.9 Å². The van der Waals surface area contributed by atoms with E-state index in [4.69, 9.17) is 0 Å². The van der Waals surface area contributed by atoms with E-state index < -0.39 is 21.2 Å². The first-order valence-electron chi connectivity index (χ1n) is 4.62. The molecule has 84 valence electrons. The first-order chi connectivity index (χ1) is 6.26. The van der Waals surface area contributed by atoms with Crippen molar-refractivity contribution < 1.29 is 17.2 Å². The molecule has 0 amide bonds. The van der Waals surface area contributed by atoms with E-state index in [1.807, 2.05) is 0 Å². The third-order valence-corrected chi connectivity index (χ3v) is 4.69.